The fourth-order valence-electron chi connectivity index (χ4n) is 3.42. The number of urea groups is 1. The normalized spacial score (nSPS) is 23.8. The minimum absolute atomic E-state index is 0.226. The monoisotopic (exact) mass is 330 g/mol. The molecule has 1 unspecified atom stereocenters. The van der Waals surface area contributed by atoms with Crippen molar-refractivity contribution in [2.75, 3.05) is 32.0 Å². The van der Waals surface area contributed by atoms with Crippen molar-refractivity contribution in [1.82, 2.24) is 24.4 Å². The van der Waals surface area contributed by atoms with Gasteiger partial charge in [0, 0.05) is 19.8 Å². The summed E-state index contributed by atoms with van der Waals surface area (Å²) in [6, 6.07) is 3.37. The second-order valence-electron chi connectivity index (χ2n) is 6.35. The number of anilines is 1. The molecule has 2 aliphatic rings. The molecule has 9 heteroatoms. The third-order valence-corrected chi connectivity index (χ3v) is 4.53. The standard InChI is InChI=1S/C15H18N6O3/c1-19-8-15(24-14(19)23)5-3-7-20(9-15)13(22)17-11-4-2-6-21-10-16-18-12(11)21/h2,4,6,10H,3,5,7-9H2,1H3,(H,17,22). The molecule has 4 rings (SSSR count). The van der Waals surface area contributed by atoms with Gasteiger partial charge in [-0.05, 0) is 25.0 Å². The van der Waals surface area contributed by atoms with Gasteiger partial charge >= 0.3 is 12.1 Å². The number of pyridine rings is 1. The van der Waals surface area contributed by atoms with Crippen molar-refractivity contribution >= 4 is 23.5 Å². The summed E-state index contributed by atoms with van der Waals surface area (Å²) >= 11 is 0. The van der Waals surface area contributed by atoms with Crippen molar-refractivity contribution in [2.24, 2.45) is 0 Å². The number of fused-ring (bicyclic) bond motifs is 1. The van der Waals surface area contributed by atoms with E-state index in [2.05, 4.69) is 15.5 Å². The molecule has 0 bridgehead atoms. The molecule has 0 aromatic carbocycles. The first-order chi connectivity index (χ1) is 11.6. The lowest BCUT2D eigenvalue weighted by atomic mass is 9.93. The van der Waals surface area contributed by atoms with Crippen molar-refractivity contribution < 1.29 is 14.3 Å². The highest BCUT2D eigenvalue weighted by molar-refractivity contribution is 5.93. The molecule has 2 aliphatic heterocycles. The molecule has 9 nitrogen and oxygen atoms in total. The Hall–Kier alpha value is -2.84. The first kappa shape index (κ1) is 14.7. The van der Waals surface area contributed by atoms with Gasteiger partial charge in [0.2, 0.25) is 0 Å². The largest absolute Gasteiger partial charge is 0.439 e. The lowest BCUT2D eigenvalue weighted by Crippen LogP contribution is -2.53. The molecule has 1 spiro atoms. The summed E-state index contributed by atoms with van der Waals surface area (Å²) in [4.78, 5) is 27.6. The van der Waals surface area contributed by atoms with E-state index in [1.54, 1.807) is 33.6 Å². The van der Waals surface area contributed by atoms with Crippen molar-refractivity contribution in [3.8, 4) is 0 Å². The van der Waals surface area contributed by atoms with Gasteiger partial charge < -0.3 is 19.9 Å². The summed E-state index contributed by atoms with van der Waals surface area (Å²) < 4.78 is 7.27. The van der Waals surface area contributed by atoms with Crippen LogP contribution in [0.25, 0.3) is 5.65 Å². The second-order valence-corrected chi connectivity index (χ2v) is 6.35. The van der Waals surface area contributed by atoms with Crippen LogP contribution in [-0.4, -0.2) is 68.8 Å². The van der Waals surface area contributed by atoms with Gasteiger partial charge in [0.05, 0.1) is 18.8 Å². The maximum absolute atomic E-state index is 12.6. The molecular formula is C15H18N6O3. The minimum atomic E-state index is -0.595. The molecule has 2 aromatic rings. The van der Waals surface area contributed by atoms with Crippen LogP contribution in [0.4, 0.5) is 15.3 Å². The van der Waals surface area contributed by atoms with E-state index in [1.165, 1.54) is 0 Å². The maximum Gasteiger partial charge on any atom is 0.410 e. The molecule has 4 heterocycles. The number of nitrogens with zero attached hydrogens (tertiary/aromatic N) is 5. The van der Waals surface area contributed by atoms with Gasteiger partial charge in [-0.15, -0.1) is 10.2 Å². The van der Waals surface area contributed by atoms with Gasteiger partial charge in [0.15, 0.2) is 5.65 Å². The summed E-state index contributed by atoms with van der Waals surface area (Å²) in [5.41, 5.74) is 0.590. The van der Waals surface area contributed by atoms with Crippen molar-refractivity contribution in [3.05, 3.63) is 24.7 Å². The Bertz CT molecular complexity index is 805. The van der Waals surface area contributed by atoms with Crippen molar-refractivity contribution in [3.63, 3.8) is 0 Å². The molecule has 2 fully saturated rings. The van der Waals surface area contributed by atoms with Crippen LogP contribution < -0.4 is 5.32 Å². The Kier molecular flexibility index (Phi) is 3.29. The highest BCUT2D eigenvalue weighted by Gasteiger charge is 2.47. The number of likely N-dealkylation sites (N-methyl/N-ethyl adjacent to an activating group) is 1. The van der Waals surface area contributed by atoms with Gasteiger partial charge in [-0.25, -0.2) is 9.59 Å². The number of carbonyl (C=O) groups is 2. The lowest BCUT2D eigenvalue weighted by Gasteiger charge is -2.38. The number of likely N-dealkylation sites (tertiary alicyclic amines) is 1. The van der Waals surface area contributed by atoms with Crippen LogP contribution in [0.3, 0.4) is 0 Å². The number of piperidine rings is 1. The molecule has 2 aromatic heterocycles. The average Bonchev–Trinajstić information content (AvgIpc) is 3.13. The Morgan fingerprint density at radius 1 is 1.42 bits per heavy atom. The molecule has 1 N–H and O–H groups in total. The van der Waals surface area contributed by atoms with Crippen LogP contribution in [0.1, 0.15) is 12.8 Å². The zero-order valence-corrected chi connectivity index (χ0v) is 13.3. The number of amides is 3. The number of hydrogen-bond acceptors (Lipinski definition) is 5. The van der Waals surface area contributed by atoms with E-state index < -0.39 is 5.60 Å². The van der Waals surface area contributed by atoms with E-state index in [9.17, 15) is 9.59 Å². The molecule has 0 saturated carbocycles. The fraction of sp³-hybridized carbons (Fsp3) is 0.467. The third-order valence-electron chi connectivity index (χ3n) is 4.53. The SMILES string of the molecule is CN1CC2(CCCN(C(=O)Nc3cccn4cnnc34)C2)OC1=O. The first-order valence-electron chi connectivity index (χ1n) is 7.85. The van der Waals surface area contributed by atoms with E-state index in [1.807, 2.05) is 12.3 Å². The van der Waals surface area contributed by atoms with Gasteiger partial charge in [-0.1, -0.05) is 0 Å². The molecule has 3 amide bonds. The number of hydrogen-bond donors (Lipinski definition) is 1. The van der Waals surface area contributed by atoms with Crippen LogP contribution in [-0.2, 0) is 4.74 Å². The molecule has 1 atom stereocenters. The summed E-state index contributed by atoms with van der Waals surface area (Å²) in [6.07, 6.45) is 4.63. The Morgan fingerprint density at radius 2 is 2.29 bits per heavy atom. The Labute approximate surface area is 138 Å². The van der Waals surface area contributed by atoms with Crippen LogP contribution in [0.2, 0.25) is 0 Å². The Morgan fingerprint density at radius 3 is 3.08 bits per heavy atom. The zero-order valence-electron chi connectivity index (χ0n) is 13.3. The first-order valence-corrected chi connectivity index (χ1v) is 7.85. The van der Waals surface area contributed by atoms with Crippen LogP contribution in [0.5, 0.6) is 0 Å². The van der Waals surface area contributed by atoms with Crippen molar-refractivity contribution in [1.29, 1.82) is 0 Å². The summed E-state index contributed by atoms with van der Waals surface area (Å²) in [6.45, 7) is 1.53. The van der Waals surface area contributed by atoms with Gasteiger partial charge in [-0.2, -0.15) is 0 Å². The number of carbonyl (C=O) groups excluding carboxylic acids is 2. The van der Waals surface area contributed by atoms with E-state index in [-0.39, 0.29) is 12.1 Å². The highest BCUT2D eigenvalue weighted by Crippen LogP contribution is 2.31. The van der Waals surface area contributed by atoms with E-state index in [0.29, 0.717) is 31.0 Å². The zero-order chi connectivity index (χ0) is 16.7. The predicted octanol–water partition coefficient (Wildman–Crippen LogP) is 1.18. The summed E-state index contributed by atoms with van der Waals surface area (Å²) in [7, 11) is 1.71. The average molecular weight is 330 g/mol. The number of rotatable bonds is 1. The number of nitrogens with one attached hydrogen (secondary N) is 1. The summed E-state index contributed by atoms with van der Waals surface area (Å²) in [5, 5.41) is 10.7. The van der Waals surface area contributed by atoms with Crippen LogP contribution >= 0.6 is 0 Å². The van der Waals surface area contributed by atoms with Gasteiger partial charge in [0.1, 0.15) is 11.9 Å². The maximum atomic E-state index is 12.6. The van der Waals surface area contributed by atoms with Gasteiger partial charge in [0.25, 0.3) is 0 Å². The Balaban J connectivity index is 1.50. The number of aromatic nitrogens is 3. The van der Waals surface area contributed by atoms with Gasteiger partial charge in [-0.3, -0.25) is 4.40 Å². The smallest absolute Gasteiger partial charge is 0.410 e. The molecule has 126 valence electrons. The fourth-order valence-corrected chi connectivity index (χ4v) is 3.42. The van der Waals surface area contributed by atoms with E-state index in [0.717, 1.165) is 12.8 Å². The van der Waals surface area contributed by atoms with Crippen molar-refractivity contribution in [2.45, 2.75) is 18.4 Å². The van der Waals surface area contributed by atoms with E-state index >= 15 is 0 Å². The summed E-state index contributed by atoms with van der Waals surface area (Å²) in [5.74, 6) is 0. The molecule has 2 saturated heterocycles. The molecule has 0 aliphatic carbocycles. The van der Waals surface area contributed by atoms with E-state index in [4.69, 9.17) is 4.74 Å². The molecule has 24 heavy (non-hydrogen) atoms. The quantitative estimate of drug-likeness (QED) is 0.847. The number of ether oxygens (including phenoxy) is 1. The highest BCUT2D eigenvalue weighted by atomic mass is 16.6. The van der Waals surface area contributed by atoms with Crippen LogP contribution in [0, 0.1) is 0 Å². The molecular weight excluding hydrogens is 312 g/mol. The topological polar surface area (TPSA) is 92.1 Å². The van der Waals surface area contributed by atoms with Crippen LogP contribution in [0.15, 0.2) is 24.7 Å². The minimum Gasteiger partial charge on any atom is -0.439 e. The molecule has 0 radical (unpaired) electrons. The predicted molar refractivity (Wildman–Crippen MR) is 84.7 cm³/mol. The second kappa shape index (κ2) is 5.36. The lowest BCUT2D eigenvalue weighted by molar-refractivity contribution is 0.00497. The third kappa shape index (κ3) is 2.41.